The highest BCUT2D eigenvalue weighted by atomic mass is 16.5. The minimum atomic E-state index is -0.577. The highest BCUT2D eigenvalue weighted by Gasteiger charge is 2.20. The van der Waals surface area contributed by atoms with Gasteiger partial charge in [0, 0.05) is 6.61 Å². The van der Waals surface area contributed by atoms with Crippen LogP contribution < -0.4 is 5.32 Å². The first kappa shape index (κ1) is 18.5. The van der Waals surface area contributed by atoms with Crippen molar-refractivity contribution in [1.82, 2.24) is 5.32 Å². The van der Waals surface area contributed by atoms with Gasteiger partial charge in [-0.1, -0.05) is 0 Å². The summed E-state index contributed by atoms with van der Waals surface area (Å²) in [7, 11) is 1.31. The Bertz CT molecular complexity index is 561. The fraction of sp³-hybridized carbons (Fsp3) is 0.647. The molecule has 1 saturated heterocycles. The van der Waals surface area contributed by atoms with Gasteiger partial charge in [0.15, 0.2) is 0 Å². The summed E-state index contributed by atoms with van der Waals surface area (Å²) in [6.07, 6.45) is 2.68. The maximum atomic E-state index is 12.1. The molecule has 7 nitrogen and oxygen atoms in total. The van der Waals surface area contributed by atoms with Gasteiger partial charge < -0.3 is 23.9 Å². The molecule has 2 heterocycles. The molecule has 134 valence electrons. The quantitative estimate of drug-likeness (QED) is 0.764. The normalized spacial score (nSPS) is 18.9. The molecular weight excluding hydrogens is 314 g/mol. The molecule has 1 aromatic heterocycles. The Kier molecular flexibility index (Phi) is 6.81. The molecule has 1 aromatic rings. The van der Waals surface area contributed by atoms with Crippen LogP contribution in [0.25, 0.3) is 0 Å². The van der Waals surface area contributed by atoms with Gasteiger partial charge >= 0.3 is 5.97 Å². The lowest BCUT2D eigenvalue weighted by molar-refractivity contribution is -0.135. The van der Waals surface area contributed by atoms with Gasteiger partial charge in [-0.05, 0) is 39.2 Å². The van der Waals surface area contributed by atoms with Crippen LogP contribution in [-0.4, -0.2) is 44.4 Å². The average molecular weight is 339 g/mol. The van der Waals surface area contributed by atoms with Crippen molar-refractivity contribution in [3.8, 4) is 0 Å². The molecule has 1 amide bonds. The van der Waals surface area contributed by atoms with Crippen molar-refractivity contribution in [3.63, 3.8) is 0 Å². The van der Waals surface area contributed by atoms with Crippen molar-refractivity contribution in [2.45, 2.75) is 51.9 Å². The van der Waals surface area contributed by atoms with Gasteiger partial charge in [0.25, 0.3) is 0 Å². The summed E-state index contributed by atoms with van der Waals surface area (Å²) >= 11 is 0. The molecule has 24 heavy (non-hydrogen) atoms. The van der Waals surface area contributed by atoms with Crippen LogP contribution in [-0.2, 0) is 25.5 Å². The highest BCUT2D eigenvalue weighted by Crippen LogP contribution is 2.16. The first-order chi connectivity index (χ1) is 11.5. The van der Waals surface area contributed by atoms with E-state index in [0.29, 0.717) is 23.7 Å². The van der Waals surface area contributed by atoms with E-state index in [1.54, 1.807) is 19.9 Å². The number of esters is 1. The second-order valence-electron chi connectivity index (χ2n) is 5.86. The third-order valence-electron chi connectivity index (χ3n) is 3.99. The summed E-state index contributed by atoms with van der Waals surface area (Å²) < 4.78 is 21.3. The molecule has 2 atom stereocenters. The van der Waals surface area contributed by atoms with Gasteiger partial charge in [-0.3, -0.25) is 4.79 Å². The zero-order valence-corrected chi connectivity index (χ0v) is 14.4. The molecule has 0 saturated carbocycles. The first-order valence-electron chi connectivity index (χ1n) is 8.19. The number of carbonyl (C=O) groups excluding carboxylic acids is 2. The summed E-state index contributed by atoms with van der Waals surface area (Å²) in [6.45, 7) is 4.74. The molecule has 0 aromatic carbocycles. The van der Waals surface area contributed by atoms with Gasteiger partial charge in [-0.15, -0.1) is 0 Å². The molecule has 2 unspecified atom stereocenters. The van der Waals surface area contributed by atoms with E-state index < -0.39 is 12.1 Å². The predicted octanol–water partition coefficient (Wildman–Crippen LogP) is 1.97. The standard InChI is InChI=1S/C17H25NO6/c1-11-15(17(20)21-3)8-14(24-11)9-18-16(19)12(2)23-10-13-6-4-5-7-22-13/h8,12-13H,4-7,9-10H2,1-3H3,(H,18,19). The van der Waals surface area contributed by atoms with Gasteiger partial charge in [0.1, 0.15) is 23.2 Å². The summed E-state index contributed by atoms with van der Waals surface area (Å²) in [5.41, 5.74) is 0.362. The number of ether oxygens (including phenoxy) is 3. The topological polar surface area (TPSA) is 87.0 Å². The summed E-state index contributed by atoms with van der Waals surface area (Å²) in [6, 6.07) is 1.57. The maximum Gasteiger partial charge on any atom is 0.341 e. The number of aryl methyl sites for hydroxylation is 1. The SMILES string of the molecule is COC(=O)c1cc(CNC(=O)C(C)OCC2CCCCO2)oc1C. The van der Waals surface area contributed by atoms with Gasteiger partial charge in [-0.2, -0.15) is 0 Å². The Morgan fingerprint density at radius 2 is 2.21 bits per heavy atom. The molecule has 2 rings (SSSR count). The Hall–Kier alpha value is -1.86. The van der Waals surface area contributed by atoms with Crippen LogP contribution in [0.1, 0.15) is 48.1 Å². The zero-order valence-electron chi connectivity index (χ0n) is 14.4. The van der Waals surface area contributed by atoms with Gasteiger partial charge in [-0.25, -0.2) is 4.79 Å². The third kappa shape index (κ3) is 5.07. The summed E-state index contributed by atoms with van der Waals surface area (Å²) in [4.78, 5) is 23.6. The molecule has 7 heteroatoms. The van der Waals surface area contributed by atoms with E-state index in [1.807, 2.05) is 0 Å². The fourth-order valence-electron chi connectivity index (χ4n) is 2.53. The largest absolute Gasteiger partial charge is 0.465 e. The van der Waals surface area contributed by atoms with Gasteiger partial charge in [0.2, 0.25) is 5.91 Å². The Morgan fingerprint density at radius 1 is 1.42 bits per heavy atom. The predicted molar refractivity (Wildman–Crippen MR) is 85.6 cm³/mol. The minimum Gasteiger partial charge on any atom is -0.465 e. The van der Waals surface area contributed by atoms with Crippen molar-refractivity contribution >= 4 is 11.9 Å². The second-order valence-corrected chi connectivity index (χ2v) is 5.86. The Morgan fingerprint density at radius 3 is 2.88 bits per heavy atom. The number of amides is 1. The van der Waals surface area contributed by atoms with Crippen molar-refractivity contribution in [2.24, 2.45) is 0 Å². The highest BCUT2D eigenvalue weighted by molar-refractivity contribution is 5.90. The van der Waals surface area contributed by atoms with Crippen LogP contribution in [0.3, 0.4) is 0 Å². The van der Waals surface area contributed by atoms with E-state index in [-0.39, 0.29) is 18.6 Å². The molecule has 0 spiro atoms. The first-order valence-corrected chi connectivity index (χ1v) is 8.19. The average Bonchev–Trinajstić information content (AvgIpc) is 2.98. The Labute approximate surface area is 141 Å². The lowest BCUT2D eigenvalue weighted by Gasteiger charge is -2.23. The lowest BCUT2D eigenvalue weighted by Crippen LogP contribution is -2.36. The summed E-state index contributed by atoms with van der Waals surface area (Å²) in [5.74, 6) is 0.256. The second kappa shape index (κ2) is 8.84. The Balaban J connectivity index is 1.76. The minimum absolute atomic E-state index is 0.0735. The van der Waals surface area contributed by atoms with E-state index in [4.69, 9.17) is 13.9 Å². The number of carbonyl (C=O) groups is 2. The molecule has 0 radical (unpaired) electrons. The van der Waals surface area contributed by atoms with Crippen LogP contribution in [0, 0.1) is 6.92 Å². The van der Waals surface area contributed by atoms with E-state index >= 15 is 0 Å². The van der Waals surface area contributed by atoms with Gasteiger partial charge in [0.05, 0.1) is 26.4 Å². The number of nitrogens with one attached hydrogen (secondary N) is 1. The van der Waals surface area contributed by atoms with E-state index in [9.17, 15) is 9.59 Å². The molecular formula is C17H25NO6. The van der Waals surface area contributed by atoms with E-state index in [1.165, 1.54) is 7.11 Å². The number of furan rings is 1. The third-order valence-corrected chi connectivity index (χ3v) is 3.99. The molecule has 0 bridgehead atoms. The number of hydrogen-bond acceptors (Lipinski definition) is 6. The molecule has 1 fully saturated rings. The van der Waals surface area contributed by atoms with Crippen molar-refractivity contribution in [1.29, 1.82) is 0 Å². The van der Waals surface area contributed by atoms with Crippen LogP contribution in [0.4, 0.5) is 0 Å². The molecule has 1 N–H and O–H groups in total. The smallest absolute Gasteiger partial charge is 0.341 e. The summed E-state index contributed by atoms with van der Waals surface area (Å²) in [5, 5.41) is 2.73. The zero-order chi connectivity index (χ0) is 17.5. The van der Waals surface area contributed by atoms with Crippen molar-refractivity contribution in [2.75, 3.05) is 20.3 Å². The van der Waals surface area contributed by atoms with Crippen molar-refractivity contribution in [3.05, 3.63) is 23.2 Å². The number of hydrogen-bond donors (Lipinski definition) is 1. The number of methoxy groups -OCH3 is 1. The van der Waals surface area contributed by atoms with Crippen LogP contribution in [0.2, 0.25) is 0 Å². The maximum absolute atomic E-state index is 12.1. The number of rotatable bonds is 7. The fourth-order valence-corrected chi connectivity index (χ4v) is 2.53. The molecule has 0 aliphatic carbocycles. The lowest BCUT2D eigenvalue weighted by atomic mass is 10.1. The van der Waals surface area contributed by atoms with Crippen molar-refractivity contribution < 1.29 is 28.2 Å². The molecule has 1 aliphatic rings. The molecule has 1 aliphatic heterocycles. The van der Waals surface area contributed by atoms with Crippen LogP contribution in [0.5, 0.6) is 0 Å². The van der Waals surface area contributed by atoms with E-state index in [2.05, 4.69) is 10.1 Å². The van der Waals surface area contributed by atoms with E-state index in [0.717, 1.165) is 25.9 Å². The monoisotopic (exact) mass is 339 g/mol. The van der Waals surface area contributed by atoms with Crippen LogP contribution in [0.15, 0.2) is 10.5 Å². The van der Waals surface area contributed by atoms with Crippen LogP contribution >= 0.6 is 0 Å².